The Labute approximate surface area is 109 Å². The molecular weight excluding hydrogens is 256 g/mol. The van der Waals surface area contributed by atoms with Gasteiger partial charge >= 0.3 is 5.97 Å². The molecule has 0 saturated heterocycles. The highest BCUT2D eigenvalue weighted by atomic mass is 19.1. The van der Waals surface area contributed by atoms with Crippen molar-refractivity contribution in [2.75, 3.05) is 0 Å². The van der Waals surface area contributed by atoms with Crippen LogP contribution in [0.25, 0.3) is 0 Å². The first-order valence-electron chi connectivity index (χ1n) is 5.81. The van der Waals surface area contributed by atoms with Crippen molar-refractivity contribution < 1.29 is 23.5 Å². The number of amides is 1. The smallest absolute Gasteiger partial charge is 0.303 e. The van der Waals surface area contributed by atoms with Crippen LogP contribution in [-0.2, 0) is 16.1 Å². The van der Waals surface area contributed by atoms with Crippen molar-refractivity contribution in [3.05, 3.63) is 35.4 Å². The van der Waals surface area contributed by atoms with Crippen molar-refractivity contribution in [2.24, 2.45) is 5.92 Å². The van der Waals surface area contributed by atoms with Crippen LogP contribution in [0.2, 0.25) is 0 Å². The number of carbonyl (C=O) groups excluding carboxylic acids is 1. The molecular formula is C13H15F2NO3. The van der Waals surface area contributed by atoms with Gasteiger partial charge in [-0.2, -0.15) is 0 Å². The number of nitrogens with one attached hydrogen (secondary N) is 1. The Balaban J connectivity index is 2.43. The second kappa shape index (κ2) is 6.82. The zero-order valence-electron chi connectivity index (χ0n) is 10.5. The zero-order chi connectivity index (χ0) is 14.4. The maximum absolute atomic E-state index is 13.3. The molecule has 1 atom stereocenters. The van der Waals surface area contributed by atoms with Crippen molar-refractivity contribution in [1.29, 1.82) is 0 Å². The third-order valence-electron chi connectivity index (χ3n) is 2.55. The molecule has 0 aliphatic rings. The van der Waals surface area contributed by atoms with E-state index in [0.29, 0.717) is 0 Å². The van der Waals surface area contributed by atoms with Crippen molar-refractivity contribution in [2.45, 2.75) is 26.3 Å². The van der Waals surface area contributed by atoms with E-state index in [1.165, 1.54) is 6.07 Å². The van der Waals surface area contributed by atoms with E-state index in [2.05, 4.69) is 5.32 Å². The van der Waals surface area contributed by atoms with Crippen LogP contribution in [0.5, 0.6) is 0 Å². The SMILES string of the molecule is CC(CC(=O)O)CC(=O)NCc1ccc(F)cc1F. The van der Waals surface area contributed by atoms with Gasteiger partial charge in [-0.1, -0.05) is 13.0 Å². The van der Waals surface area contributed by atoms with Gasteiger partial charge in [0.25, 0.3) is 0 Å². The molecule has 0 spiro atoms. The van der Waals surface area contributed by atoms with Gasteiger partial charge in [-0.3, -0.25) is 9.59 Å². The van der Waals surface area contributed by atoms with Gasteiger partial charge in [0.2, 0.25) is 5.91 Å². The Hall–Kier alpha value is -1.98. The lowest BCUT2D eigenvalue weighted by Gasteiger charge is -2.10. The lowest BCUT2D eigenvalue weighted by Crippen LogP contribution is -2.25. The van der Waals surface area contributed by atoms with Gasteiger partial charge in [-0.25, -0.2) is 8.78 Å². The summed E-state index contributed by atoms with van der Waals surface area (Å²) in [5.41, 5.74) is 0.181. The number of hydrogen-bond acceptors (Lipinski definition) is 2. The number of carbonyl (C=O) groups is 2. The summed E-state index contributed by atoms with van der Waals surface area (Å²) in [6.45, 7) is 1.59. The van der Waals surface area contributed by atoms with E-state index < -0.39 is 17.6 Å². The number of halogens is 2. The molecule has 0 aliphatic heterocycles. The number of hydrogen-bond donors (Lipinski definition) is 2. The zero-order valence-corrected chi connectivity index (χ0v) is 10.5. The first-order chi connectivity index (χ1) is 8.88. The Kier molecular flexibility index (Phi) is 5.41. The molecule has 1 unspecified atom stereocenters. The molecule has 0 heterocycles. The molecule has 0 radical (unpaired) electrons. The largest absolute Gasteiger partial charge is 0.481 e. The molecule has 4 nitrogen and oxygen atoms in total. The lowest BCUT2D eigenvalue weighted by atomic mass is 10.0. The molecule has 0 aliphatic carbocycles. The minimum atomic E-state index is -0.968. The summed E-state index contributed by atoms with van der Waals surface area (Å²) in [7, 11) is 0. The molecule has 2 N–H and O–H groups in total. The lowest BCUT2D eigenvalue weighted by molar-refractivity contribution is -0.138. The molecule has 1 aromatic carbocycles. The Morgan fingerprint density at radius 2 is 2.00 bits per heavy atom. The highest BCUT2D eigenvalue weighted by Gasteiger charge is 2.13. The van der Waals surface area contributed by atoms with Gasteiger partial charge in [-0.05, 0) is 12.0 Å². The molecule has 0 saturated carbocycles. The Morgan fingerprint density at radius 1 is 1.32 bits per heavy atom. The van der Waals surface area contributed by atoms with Crippen molar-refractivity contribution >= 4 is 11.9 Å². The average molecular weight is 271 g/mol. The van der Waals surface area contributed by atoms with E-state index in [1.807, 2.05) is 0 Å². The number of rotatable bonds is 6. The second-order valence-corrected chi connectivity index (χ2v) is 4.42. The van der Waals surface area contributed by atoms with E-state index in [1.54, 1.807) is 6.92 Å². The van der Waals surface area contributed by atoms with Gasteiger partial charge < -0.3 is 10.4 Å². The molecule has 0 aromatic heterocycles. The fraction of sp³-hybridized carbons (Fsp3) is 0.385. The minimum Gasteiger partial charge on any atom is -0.481 e. The maximum atomic E-state index is 13.3. The molecule has 0 bridgehead atoms. The van der Waals surface area contributed by atoms with Crippen LogP contribution in [0.4, 0.5) is 8.78 Å². The Morgan fingerprint density at radius 3 is 2.58 bits per heavy atom. The summed E-state index contributed by atoms with van der Waals surface area (Å²) >= 11 is 0. The van der Waals surface area contributed by atoms with E-state index in [0.717, 1.165) is 12.1 Å². The minimum absolute atomic E-state index is 0.0507. The highest BCUT2D eigenvalue weighted by molar-refractivity contribution is 5.77. The Bertz CT molecular complexity index is 477. The van der Waals surface area contributed by atoms with E-state index >= 15 is 0 Å². The molecule has 1 amide bonds. The second-order valence-electron chi connectivity index (χ2n) is 4.42. The number of benzene rings is 1. The summed E-state index contributed by atoms with van der Waals surface area (Å²) in [6.07, 6.45) is -0.0482. The van der Waals surface area contributed by atoms with Gasteiger partial charge in [-0.15, -0.1) is 0 Å². The van der Waals surface area contributed by atoms with Gasteiger partial charge in [0.05, 0.1) is 0 Å². The van der Waals surface area contributed by atoms with Crippen LogP contribution < -0.4 is 5.32 Å². The van der Waals surface area contributed by atoms with Crippen LogP contribution in [0.15, 0.2) is 18.2 Å². The standard InChI is InChI=1S/C13H15F2NO3/c1-8(5-13(18)19)4-12(17)16-7-9-2-3-10(14)6-11(9)15/h2-3,6,8H,4-5,7H2,1H3,(H,16,17)(H,18,19). The van der Waals surface area contributed by atoms with Crippen LogP contribution in [0, 0.1) is 17.6 Å². The predicted molar refractivity (Wildman–Crippen MR) is 64.2 cm³/mol. The molecule has 0 fully saturated rings. The highest BCUT2D eigenvalue weighted by Crippen LogP contribution is 2.10. The van der Waals surface area contributed by atoms with E-state index in [4.69, 9.17) is 5.11 Å². The van der Waals surface area contributed by atoms with Crippen LogP contribution in [0.3, 0.4) is 0 Å². The summed E-state index contributed by atoms with van der Waals surface area (Å²) in [5, 5.41) is 11.0. The molecule has 19 heavy (non-hydrogen) atoms. The summed E-state index contributed by atoms with van der Waals surface area (Å²) in [4.78, 5) is 21.9. The topological polar surface area (TPSA) is 66.4 Å². The van der Waals surface area contributed by atoms with Crippen molar-refractivity contribution in [3.63, 3.8) is 0 Å². The van der Waals surface area contributed by atoms with Crippen LogP contribution in [-0.4, -0.2) is 17.0 Å². The molecule has 1 aromatic rings. The number of aliphatic carboxylic acids is 1. The fourth-order valence-corrected chi connectivity index (χ4v) is 1.62. The van der Waals surface area contributed by atoms with Crippen molar-refractivity contribution in [1.82, 2.24) is 5.32 Å². The molecule has 6 heteroatoms. The monoisotopic (exact) mass is 271 g/mol. The summed E-state index contributed by atoms with van der Waals surface area (Å²) in [5.74, 6) is -3.03. The van der Waals surface area contributed by atoms with E-state index in [-0.39, 0.29) is 36.8 Å². The van der Waals surface area contributed by atoms with Gasteiger partial charge in [0.1, 0.15) is 11.6 Å². The number of carboxylic acids is 1. The number of carboxylic acid groups (broad SMARTS) is 1. The first-order valence-corrected chi connectivity index (χ1v) is 5.81. The third kappa shape index (κ3) is 5.46. The van der Waals surface area contributed by atoms with Gasteiger partial charge in [0, 0.05) is 31.0 Å². The normalized spacial score (nSPS) is 11.9. The summed E-state index contributed by atoms with van der Waals surface area (Å²) < 4.78 is 25.9. The maximum Gasteiger partial charge on any atom is 0.303 e. The van der Waals surface area contributed by atoms with Gasteiger partial charge in [0.15, 0.2) is 0 Å². The van der Waals surface area contributed by atoms with E-state index in [9.17, 15) is 18.4 Å². The van der Waals surface area contributed by atoms with Crippen LogP contribution in [0.1, 0.15) is 25.3 Å². The summed E-state index contributed by atoms with van der Waals surface area (Å²) in [6, 6.07) is 3.11. The van der Waals surface area contributed by atoms with Crippen LogP contribution >= 0.6 is 0 Å². The molecule has 1 rings (SSSR count). The first kappa shape index (κ1) is 15.1. The third-order valence-corrected chi connectivity index (χ3v) is 2.55. The fourth-order valence-electron chi connectivity index (χ4n) is 1.62. The molecule has 104 valence electrons. The predicted octanol–water partition coefficient (Wildman–Crippen LogP) is 2.08. The quantitative estimate of drug-likeness (QED) is 0.832. The average Bonchev–Trinajstić information content (AvgIpc) is 2.26. The van der Waals surface area contributed by atoms with Crippen molar-refractivity contribution in [3.8, 4) is 0 Å².